The summed E-state index contributed by atoms with van der Waals surface area (Å²) in [7, 11) is 0. The van der Waals surface area contributed by atoms with Crippen LogP contribution >= 0.6 is 11.6 Å². The van der Waals surface area contributed by atoms with Crippen molar-refractivity contribution in [3.05, 3.63) is 22.6 Å². The van der Waals surface area contributed by atoms with E-state index in [0.29, 0.717) is 17.2 Å². The van der Waals surface area contributed by atoms with E-state index in [4.69, 9.17) is 16.0 Å². The third-order valence-corrected chi connectivity index (χ3v) is 2.72. The topological polar surface area (TPSA) is 25.2 Å². The monoisotopic (exact) mass is 199 g/mol. The Morgan fingerprint density at radius 1 is 1.62 bits per heavy atom. The molecule has 0 spiro atoms. The highest BCUT2D eigenvalue weighted by Gasteiger charge is 2.25. The lowest BCUT2D eigenvalue weighted by molar-refractivity contribution is 0.368. The lowest BCUT2D eigenvalue weighted by atomic mass is 9.93. The average molecular weight is 200 g/mol. The van der Waals surface area contributed by atoms with E-state index in [9.17, 15) is 0 Å². The minimum Gasteiger partial charge on any atom is -0.449 e. The zero-order valence-corrected chi connectivity index (χ0v) is 8.69. The molecule has 3 heteroatoms. The molecule has 0 fully saturated rings. The van der Waals surface area contributed by atoms with Crippen LogP contribution in [0.4, 0.5) is 0 Å². The lowest BCUT2D eigenvalue weighted by Gasteiger charge is -2.26. The summed E-state index contributed by atoms with van der Waals surface area (Å²) in [6, 6.07) is 2.34. The molecule has 0 saturated heterocycles. The minimum absolute atomic E-state index is 0.403. The summed E-state index contributed by atoms with van der Waals surface area (Å²) in [5.41, 5.74) is 1.24. The Morgan fingerprint density at radius 2 is 2.38 bits per heavy atom. The summed E-state index contributed by atoms with van der Waals surface area (Å²) >= 11 is 5.83. The molecule has 0 radical (unpaired) electrons. The van der Waals surface area contributed by atoms with E-state index in [1.54, 1.807) is 0 Å². The van der Waals surface area contributed by atoms with Crippen molar-refractivity contribution in [1.29, 1.82) is 0 Å². The standard InChI is InChI=1S/C10H14ClNO/c1-6(2)10-7-5-9(11)13-8(7)3-4-12-10/h5-6,10,12H,3-4H2,1-2H3. The molecule has 0 amide bonds. The molecule has 1 aromatic rings. The van der Waals surface area contributed by atoms with Crippen molar-refractivity contribution in [1.82, 2.24) is 5.32 Å². The zero-order valence-electron chi connectivity index (χ0n) is 7.93. The summed E-state index contributed by atoms with van der Waals surface area (Å²) in [6.45, 7) is 5.39. The second-order valence-corrected chi connectivity index (χ2v) is 4.23. The highest BCUT2D eigenvalue weighted by Crippen LogP contribution is 2.32. The van der Waals surface area contributed by atoms with Crippen molar-refractivity contribution in [2.45, 2.75) is 26.3 Å². The third-order valence-electron chi connectivity index (χ3n) is 2.53. The van der Waals surface area contributed by atoms with Crippen LogP contribution in [0.25, 0.3) is 0 Å². The van der Waals surface area contributed by atoms with Gasteiger partial charge in [-0.15, -0.1) is 0 Å². The highest BCUT2D eigenvalue weighted by molar-refractivity contribution is 6.28. The van der Waals surface area contributed by atoms with E-state index in [2.05, 4.69) is 19.2 Å². The third kappa shape index (κ3) is 1.61. The summed E-state index contributed by atoms with van der Waals surface area (Å²) in [5.74, 6) is 1.63. The van der Waals surface area contributed by atoms with Crippen LogP contribution in [0, 0.1) is 5.92 Å². The van der Waals surface area contributed by atoms with Crippen molar-refractivity contribution in [3.63, 3.8) is 0 Å². The number of hydrogen-bond acceptors (Lipinski definition) is 2. The Kier molecular flexibility index (Phi) is 2.35. The van der Waals surface area contributed by atoms with Gasteiger partial charge in [-0.3, -0.25) is 0 Å². The quantitative estimate of drug-likeness (QED) is 0.753. The predicted octanol–water partition coefficient (Wildman–Crippen LogP) is 2.78. The minimum atomic E-state index is 0.403. The number of fused-ring (bicyclic) bond motifs is 1. The van der Waals surface area contributed by atoms with Crippen LogP contribution in [-0.2, 0) is 6.42 Å². The van der Waals surface area contributed by atoms with E-state index in [1.165, 1.54) is 5.56 Å². The molecular weight excluding hydrogens is 186 g/mol. The molecule has 1 N–H and O–H groups in total. The Morgan fingerprint density at radius 3 is 3.08 bits per heavy atom. The van der Waals surface area contributed by atoms with Crippen molar-refractivity contribution in [2.75, 3.05) is 6.54 Å². The van der Waals surface area contributed by atoms with Gasteiger partial charge in [-0.25, -0.2) is 0 Å². The van der Waals surface area contributed by atoms with Gasteiger partial charge in [-0.2, -0.15) is 0 Å². The molecule has 1 aromatic heterocycles. The van der Waals surface area contributed by atoms with Crippen LogP contribution in [0.2, 0.25) is 5.22 Å². The summed E-state index contributed by atoms with van der Waals surface area (Å²) in [6.07, 6.45) is 0.950. The Bertz CT molecular complexity index is 306. The molecule has 1 atom stereocenters. The second-order valence-electron chi connectivity index (χ2n) is 3.85. The fourth-order valence-electron chi connectivity index (χ4n) is 1.91. The van der Waals surface area contributed by atoms with Gasteiger partial charge < -0.3 is 9.73 Å². The fourth-order valence-corrected chi connectivity index (χ4v) is 2.12. The molecule has 0 aromatic carbocycles. The van der Waals surface area contributed by atoms with E-state index >= 15 is 0 Å². The molecule has 72 valence electrons. The first-order chi connectivity index (χ1) is 6.18. The van der Waals surface area contributed by atoms with Gasteiger partial charge in [0.15, 0.2) is 5.22 Å². The maximum absolute atomic E-state index is 5.83. The maximum atomic E-state index is 5.83. The van der Waals surface area contributed by atoms with E-state index in [-0.39, 0.29) is 0 Å². The molecule has 2 nitrogen and oxygen atoms in total. The van der Waals surface area contributed by atoms with Gasteiger partial charge in [0.25, 0.3) is 0 Å². The van der Waals surface area contributed by atoms with Gasteiger partial charge in [0.05, 0.1) is 0 Å². The second kappa shape index (κ2) is 3.35. The zero-order chi connectivity index (χ0) is 9.42. The van der Waals surface area contributed by atoms with Crippen LogP contribution in [0.5, 0.6) is 0 Å². The number of furan rings is 1. The van der Waals surface area contributed by atoms with Gasteiger partial charge in [0.2, 0.25) is 0 Å². The number of nitrogens with one attached hydrogen (secondary N) is 1. The average Bonchev–Trinajstić information content (AvgIpc) is 2.43. The van der Waals surface area contributed by atoms with Crippen LogP contribution in [0.15, 0.2) is 10.5 Å². The van der Waals surface area contributed by atoms with Gasteiger partial charge in [0.1, 0.15) is 5.76 Å². The van der Waals surface area contributed by atoms with E-state index in [1.807, 2.05) is 6.07 Å². The van der Waals surface area contributed by atoms with Crippen molar-refractivity contribution in [2.24, 2.45) is 5.92 Å². The van der Waals surface area contributed by atoms with Crippen molar-refractivity contribution >= 4 is 11.6 Å². The molecule has 0 bridgehead atoms. The van der Waals surface area contributed by atoms with Crippen molar-refractivity contribution in [3.8, 4) is 0 Å². The molecule has 2 rings (SSSR count). The smallest absolute Gasteiger partial charge is 0.193 e. The molecular formula is C10H14ClNO. The van der Waals surface area contributed by atoms with Crippen LogP contribution in [0.3, 0.4) is 0 Å². The number of rotatable bonds is 1. The molecule has 0 saturated carbocycles. The number of halogens is 1. The van der Waals surface area contributed by atoms with Crippen LogP contribution in [0.1, 0.15) is 31.2 Å². The largest absolute Gasteiger partial charge is 0.449 e. The summed E-state index contributed by atoms with van der Waals surface area (Å²) in [5, 5.41) is 3.98. The Hall–Kier alpha value is -0.470. The molecule has 2 heterocycles. The van der Waals surface area contributed by atoms with Gasteiger partial charge in [-0.05, 0) is 17.5 Å². The molecule has 1 aliphatic rings. The van der Waals surface area contributed by atoms with Gasteiger partial charge in [-0.1, -0.05) is 13.8 Å². The Labute approximate surface area is 83.3 Å². The van der Waals surface area contributed by atoms with E-state index in [0.717, 1.165) is 18.7 Å². The first kappa shape index (κ1) is 9.10. The van der Waals surface area contributed by atoms with Crippen molar-refractivity contribution < 1.29 is 4.42 Å². The summed E-state index contributed by atoms with van der Waals surface area (Å²) in [4.78, 5) is 0. The van der Waals surface area contributed by atoms with E-state index < -0.39 is 0 Å². The first-order valence-electron chi connectivity index (χ1n) is 4.70. The number of hydrogen-bond donors (Lipinski definition) is 1. The molecule has 0 aliphatic carbocycles. The summed E-state index contributed by atoms with van der Waals surface area (Å²) < 4.78 is 5.41. The van der Waals surface area contributed by atoms with Gasteiger partial charge >= 0.3 is 0 Å². The maximum Gasteiger partial charge on any atom is 0.193 e. The van der Waals surface area contributed by atoms with Crippen LogP contribution in [-0.4, -0.2) is 6.54 Å². The lowest BCUT2D eigenvalue weighted by Crippen LogP contribution is -2.32. The molecule has 1 unspecified atom stereocenters. The molecule has 1 aliphatic heterocycles. The SMILES string of the molecule is CC(C)C1NCCc2oc(Cl)cc21. The normalized spacial score (nSPS) is 22.0. The Balaban J connectivity index is 2.36. The highest BCUT2D eigenvalue weighted by atomic mass is 35.5. The first-order valence-corrected chi connectivity index (χ1v) is 5.08. The molecule has 13 heavy (non-hydrogen) atoms. The predicted molar refractivity (Wildman–Crippen MR) is 53.0 cm³/mol. The van der Waals surface area contributed by atoms with Gasteiger partial charge in [0, 0.05) is 30.6 Å². The van der Waals surface area contributed by atoms with Crippen LogP contribution < -0.4 is 5.32 Å². The fraction of sp³-hybridized carbons (Fsp3) is 0.600.